The lowest BCUT2D eigenvalue weighted by molar-refractivity contribution is 0.107. The average molecular weight is 279 g/mol. The lowest BCUT2D eigenvalue weighted by atomic mass is 10.2. The largest absolute Gasteiger partial charge is 0.378 e. The van der Waals surface area contributed by atoms with Crippen LogP contribution in [0.25, 0.3) is 0 Å². The summed E-state index contributed by atoms with van der Waals surface area (Å²) in [6, 6.07) is 0. The van der Waals surface area contributed by atoms with Crippen LogP contribution in [0.1, 0.15) is 44.0 Å². The predicted molar refractivity (Wildman–Crippen MR) is 80.7 cm³/mol. The van der Waals surface area contributed by atoms with Crippen LogP contribution in [0.5, 0.6) is 0 Å². The molecule has 1 aliphatic heterocycles. The van der Waals surface area contributed by atoms with E-state index < -0.39 is 0 Å². The Kier molecular flexibility index (Phi) is 5.55. The fourth-order valence-corrected chi connectivity index (χ4v) is 2.43. The number of hydrogen-bond acceptors (Lipinski definition) is 6. The number of rotatable bonds is 7. The molecular formula is C14H25N5O. The van der Waals surface area contributed by atoms with Crippen LogP contribution in [0, 0.1) is 6.92 Å². The topological polar surface area (TPSA) is 85.1 Å². The molecule has 0 amide bonds. The summed E-state index contributed by atoms with van der Waals surface area (Å²) >= 11 is 0. The number of aromatic nitrogens is 2. The lowest BCUT2D eigenvalue weighted by Gasteiger charge is -2.15. The molecule has 1 aromatic rings. The standard InChI is InChI=1S/C14H25N5O/c1-3-5-12-17-13(10(2)14(18-12)19-15)16-8-7-11-6-4-9-20-11/h11H,3-9,15H2,1-2H3,(H2,16,17,18,19). The molecule has 0 radical (unpaired) electrons. The van der Waals surface area contributed by atoms with Gasteiger partial charge >= 0.3 is 0 Å². The Morgan fingerprint density at radius 2 is 2.15 bits per heavy atom. The number of nitrogens with two attached hydrogens (primary N) is 1. The minimum atomic E-state index is 0.395. The molecule has 0 saturated carbocycles. The molecule has 0 bridgehead atoms. The van der Waals surface area contributed by atoms with E-state index in [-0.39, 0.29) is 0 Å². The maximum Gasteiger partial charge on any atom is 0.148 e. The number of ether oxygens (including phenoxy) is 1. The van der Waals surface area contributed by atoms with E-state index >= 15 is 0 Å². The van der Waals surface area contributed by atoms with Crippen LogP contribution in [0.2, 0.25) is 0 Å². The second-order valence-electron chi connectivity index (χ2n) is 5.21. The maximum atomic E-state index is 5.62. The first-order chi connectivity index (χ1) is 9.74. The van der Waals surface area contributed by atoms with Gasteiger partial charge in [0.25, 0.3) is 0 Å². The van der Waals surface area contributed by atoms with E-state index in [9.17, 15) is 0 Å². The number of aryl methyl sites for hydroxylation is 1. The van der Waals surface area contributed by atoms with E-state index in [0.717, 1.165) is 49.6 Å². The molecule has 0 aliphatic carbocycles. The quantitative estimate of drug-likeness (QED) is 0.523. The van der Waals surface area contributed by atoms with E-state index in [0.29, 0.717) is 11.9 Å². The Morgan fingerprint density at radius 1 is 1.35 bits per heavy atom. The summed E-state index contributed by atoms with van der Waals surface area (Å²) in [4.78, 5) is 8.99. The zero-order valence-electron chi connectivity index (χ0n) is 12.4. The van der Waals surface area contributed by atoms with Crippen LogP contribution in [-0.4, -0.2) is 29.2 Å². The Balaban J connectivity index is 1.98. The van der Waals surface area contributed by atoms with Crippen molar-refractivity contribution in [3.63, 3.8) is 0 Å². The van der Waals surface area contributed by atoms with E-state index in [2.05, 4.69) is 27.6 Å². The zero-order chi connectivity index (χ0) is 14.4. The van der Waals surface area contributed by atoms with Crippen LogP contribution in [0.3, 0.4) is 0 Å². The zero-order valence-corrected chi connectivity index (χ0v) is 12.4. The van der Waals surface area contributed by atoms with Crippen LogP contribution < -0.4 is 16.6 Å². The highest BCUT2D eigenvalue weighted by Gasteiger charge is 2.15. The minimum Gasteiger partial charge on any atom is -0.378 e. The third-order valence-electron chi connectivity index (χ3n) is 3.59. The smallest absolute Gasteiger partial charge is 0.148 e. The molecule has 0 spiro atoms. The number of nitrogens with one attached hydrogen (secondary N) is 2. The van der Waals surface area contributed by atoms with Gasteiger partial charge in [0.1, 0.15) is 17.5 Å². The van der Waals surface area contributed by atoms with Crippen molar-refractivity contribution in [2.45, 2.75) is 52.1 Å². The number of hydrogen-bond donors (Lipinski definition) is 3. The van der Waals surface area contributed by atoms with Crippen molar-refractivity contribution in [2.75, 3.05) is 23.9 Å². The molecule has 2 rings (SSSR count). The van der Waals surface area contributed by atoms with Crippen LogP contribution in [0.4, 0.5) is 11.6 Å². The Morgan fingerprint density at radius 3 is 2.80 bits per heavy atom. The summed E-state index contributed by atoms with van der Waals surface area (Å²) in [6.07, 6.45) is 5.63. The van der Waals surface area contributed by atoms with Gasteiger partial charge < -0.3 is 15.5 Å². The van der Waals surface area contributed by atoms with Gasteiger partial charge in [-0.15, -0.1) is 0 Å². The predicted octanol–water partition coefficient (Wildman–Crippen LogP) is 2.00. The van der Waals surface area contributed by atoms with Gasteiger partial charge in [-0.05, 0) is 32.6 Å². The summed E-state index contributed by atoms with van der Waals surface area (Å²) in [5.41, 5.74) is 3.61. The molecule has 0 aromatic carbocycles. The number of nitrogen functional groups attached to an aromatic ring is 1. The second-order valence-corrected chi connectivity index (χ2v) is 5.21. The SMILES string of the molecule is CCCc1nc(NN)c(C)c(NCCC2CCCO2)n1. The molecule has 1 saturated heterocycles. The fourth-order valence-electron chi connectivity index (χ4n) is 2.43. The molecule has 6 nitrogen and oxygen atoms in total. The minimum absolute atomic E-state index is 0.395. The Labute approximate surface area is 120 Å². The Hall–Kier alpha value is -1.40. The van der Waals surface area contributed by atoms with E-state index in [4.69, 9.17) is 10.6 Å². The highest BCUT2D eigenvalue weighted by molar-refractivity contribution is 5.56. The third-order valence-corrected chi connectivity index (χ3v) is 3.59. The lowest BCUT2D eigenvalue weighted by Crippen LogP contribution is -2.17. The highest BCUT2D eigenvalue weighted by atomic mass is 16.5. The summed E-state index contributed by atoms with van der Waals surface area (Å²) in [6.45, 7) is 5.85. The van der Waals surface area contributed by atoms with Crippen molar-refractivity contribution in [3.05, 3.63) is 11.4 Å². The van der Waals surface area contributed by atoms with E-state index in [1.807, 2.05) is 6.92 Å². The van der Waals surface area contributed by atoms with E-state index in [1.54, 1.807) is 0 Å². The van der Waals surface area contributed by atoms with Gasteiger partial charge in [0, 0.05) is 25.1 Å². The molecule has 1 aliphatic rings. The van der Waals surface area contributed by atoms with Gasteiger partial charge in [0.2, 0.25) is 0 Å². The number of nitrogens with zero attached hydrogens (tertiary/aromatic N) is 2. The monoisotopic (exact) mass is 279 g/mol. The van der Waals surface area contributed by atoms with Gasteiger partial charge in [0.15, 0.2) is 0 Å². The van der Waals surface area contributed by atoms with Crippen LogP contribution in [-0.2, 0) is 11.2 Å². The molecule has 1 fully saturated rings. The van der Waals surface area contributed by atoms with Gasteiger partial charge in [-0.25, -0.2) is 15.8 Å². The van der Waals surface area contributed by atoms with Gasteiger partial charge in [-0.2, -0.15) is 0 Å². The van der Waals surface area contributed by atoms with Gasteiger partial charge in [0.05, 0.1) is 6.10 Å². The average Bonchev–Trinajstić information content (AvgIpc) is 2.95. The van der Waals surface area contributed by atoms with Gasteiger partial charge in [-0.3, -0.25) is 0 Å². The first-order valence-corrected chi connectivity index (χ1v) is 7.44. The van der Waals surface area contributed by atoms with Crippen LogP contribution >= 0.6 is 0 Å². The van der Waals surface area contributed by atoms with Crippen molar-refractivity contribution in [2.24, 2.45) is 5.84 Å². The second kappa shape index (κ2) is 7.40. The normalized spacial score (nSPS) is 18.2. The third kappa shape index (κ3) is 3.80. The summed E-state index contributed by atoms with van der Waals surface area (Å²) in [7, 11) is 0. The molecule has 6 heteroatoms. The maximum absolute atomic E-state index is 5.62. The van der Waals surface area contributed by atoms with Crippen LogP contribution in [0.15, 0.2) is 0 Å². The Bertz CT molecular complexity index is 432. The molecule has 112 valence electrons. The van der Waals surface area contributed by atoms with Crippen molar-refractivity contribution < 1.29 is 4.74 Å². The molecule has 20 heavy (non-hydrogen) atoms. The van der Waals surface area contributed by atoms with Crippen molar-refractivity contribution in [1.82, 2.24) is 9.97 Å². The summed E-state index contributed by atoms with van der Waals surface area (Å²) < 4.78 is 5.62. The molecule has 2 heterocycles. The first kappa shape index (κ1) is 15.0. The van der Waals surface area contributed by atoms with Crippen molar-refractivity contribution in [1.29, 1.82) is 0 Å². The van der Waals surface area contributed by atoms with Crippen molar-refractivity contribution >= 4 is 11.6 Å². The molecule has 4 N–H and O–H groups in total. The van der Waals surface area contributed by atoms with Gasteiger partial charge in [-0.1, -0.05) is 6.92 Å². The fraction of sp³-hybridized carbons (Fsp3) is 0.714. The summed E-state index contributed by atoms with van der Waals surface area (Å²) in [5.74, 6) is 7.92. The molecular weight excluding hydrogens is 254 g/mol. The molecule has 1 aromatic heterocycles. The molecule has 1 atom stereocenters. The van der Waals surface area contributed by atoms with E-state index in [1.165, 1.54) is 12.8 Å². The first-order valence-electron chi connectivity index (χ1n) is 7.44. The molecule has 1 unspecified atom stereocenters. The summed E-state index contributed by atoms with van der Waals surface area (Å²) in [5, 5.41) is 3.39. The highest BCUT2D eigenvalue weighted by Crippen LogP contribution is 2.21. The number of hydrazine groups is 1. The number of anilines is 2. The van der Waals surface area contributed by atoms with Crippen molar-refractivity contribution in [3.8, 4) is 0 Å².